The van der Waals surface area contributed by atoms with Gasteiger partial charge in [0.15, 0.2) is 0 Å². The molecule has 0 spiro atoms. The predicted molar refractivity (Wildman–Crippen MR) is 70.6 cm³/mol. The van der Waals surface area contributed by atoms with Crippen LogP contribution < -0.4 is 0 Å². The van der Waals surface area contributed by atoms with Gasteiger partial charge in [-0.15, -0.1) is 0 Å². The van der Waals surface area contributed by atoms with Gasteiger partial charge >= 0.3 is 0 Å². The van der Waals surface area contributed by atoms with E-state index in [0.717, 1.165) is 29.3 Å². The van der Waals surface area contributed by atoms with E-state index in [-0.39, 0.29) is 0 Å². The Kier molecular flexibility index (Phi) is 3.28. The van der Waals surface area contributed by atoms with Crippen molar-refractivity contribution in [3.05, 3.63) is 0 Å². The molecule has 0 radical (unpaired) electrons. The molecule has 2 heteroatoms. The van der Waals surface area contributed by atoms with Gasteiger partial charge in [-0.1, -0.05) is 12.8 Å². The standard InChI is InChI=1S/C14H22OS/c15-13-4-2-1-3-12(13)9-16-14-8-10-5-6-11(14)7-10/h10-12,14H,1-9H2/p+1. The minimum absolute atomic E-state index is 0.526. The normalized spacial score (nSPS) is 42.9. The fourth-order valence-corrected chi connectivity index (χ4v) is 5.64. The van der Waals surface area contributed by atoms with E-state index >= 15 is 0 Å². The van der Waals surface area contributed by atoms with Crippen molar-refractivity contribution in [2.24, 2.45) is 17.8 Å². The van der Waals surface area contributed by atoms with Crippen LogP contribution >= 0.6 is 11.8 Å². The molecule has 2 bridgehead atoms. The maximum absolute atomic E-state index is 9.88. The summed E-state index contributed by atoms with van der Waals surface area (Å²) in [5, 5.41) is 0.938. The van der Waals surface area contributed by atoms with Crippen LogP contribution in [0.15, 0.2) is 0 Å². The maximum Gasteiger partial charge on any atom is 0.296 e. The van der Waals surface area contributed by atoms with Crippen molar-refractivity contribution in [2.75, 3.05) is 5.75 Å². The average molecular weight is 239 g/mol. The maximum atomic E-state index is 9.88. The summed E-state index contributed by atoms with van der Waals surface area (Å²) in [6.07, 6.45) is 10.7. The molecule has 3 aliphatic carbocycles. The highest BCUT2D eigenvalue weighted by molar-refractivity contribution is 7.99. The monoisotopic (exact) mass is 239 g/mol. The number of rotatable bonds is 3. The van der Waals surface area contributed by atoms with E-state index in [4.69, 9.17) is 0 Å². The van der Waals surface area contributed by atoms with Gasteiger partial charge in [0.2, 0.25) is 0 Å². The number of hydrogen-bond donors (Lipinski definition) is 0. The molecule has 16 heavy (non-hydrogen) atoms. The van der Waals surface area contributed by atoms with E-state index in [1.807, 2.05) is 0 Å². The van der Waals surface area contributed by atoms with Gasteiger partial charge in [0.05, 0.1) is 12.3 Å². The molecular weight excluding hydrogens is 216 g/mol. The Morgan fingerprint density at radius 2 is 2.06 bits per heavy atom. The molecule has 0 aromatic heterocycles. The minimum atomic E-state index is 0.526. The van der Waals surface area contributed by atoms with Crippen LogP contribution in [0.4, 0.5) is 0 Å². The summed E-state index contributed by atoms with van der Waals surface area (Å²) in [6, 6.07) is 0. The Bertz CT molecular complexity index is 276. The van der Waals surface area contributed by atoms with Crippen LogP contribution in [0.25, 0.3) is 0 Å². The second-order valence-corrected chi connectivity index (χ2v) is 7.25. The zero-order valence-corrected chi connectivity index (χ0v) is 10.8. The topological polar surface area (TPSA) is 21.4 Å². The van der Waals surface area contributed by atoms with Gasteiger partial charge < -0.3 is 0 Å². The second-order valence-electron chi connectivity index (χ2n) is 5.98. The Hall–Kier alpha value is 0.0200. The van der Waals surface area contributed by atoms with Gasteiger partial charge in [-0.2, -0.15) is 11.8 Å². The molecule has 0 heterocycles. The van der Waals surface area contributed by atoms with Crippen molar-refractivity contribution in [1.29, 1.82) is 0 Å². The summed E-state index contributed by atoms with van der Waals surface area (Å²) in [6.45, 7) is 0. The van der Waals surface area contributed by atoms with Crippen LogP contribution in [-0.2, 0) is 0 Å². The first-order valence-electron chi connectivity index (χ1n) is 6.99. The van der Waals surface area contributed by atoms with E-state index in [1.54, 1.807) is 0 Å². The Balaban J connectivity index is 1.47. The lowest BCUT2D eigenvalue weighted by atomic mass is 9.89. The Morgan fingerprint density at radius 3 is 2.75 bits per heavy atom. The van der Waals surface area contributed by atoms with Crippen LogP contribution in [0.3, 0.4) is 0 Å². The fourth-order valence-electron chi connectivity index (χ4n) is 3.88. The predicted octanol–water partition coefficient (Wildman–Crippen LogP) is 3.64. The van der Waals surface area contributed by atoms with E-state index in [1.165, 1.54) is 50.7 Å². The van der Waals surface area contributed by atoms with E-state index in [9.17, 15) is 4.79 Å². The second kappa shape index (κ2) is 4.72. The molecule has 4 unspecified atom stereocenters. The minimum Gasteiger partial charge on any atom is -0.283 e. The highest BCUT2D eigenvalue weighted by atomic mass is 32.2. The molecular formula is C14H23OS+. The first-order chi connectivity index (χ1) is 7.83. The Morgan fingerprint density at radius 1 is 1.12 bits per heavy atom. The summed E-state index contributed by atoms with van der Waals surface area (Å²) in [7, 11) is 0. The van der Waals surface area contributed by atoms with Gasteiger partial charge in [-0.25, -0.2) is 0 Å². The van der Waals surface area contributed by atoms with Crippen molar-refractivity contribution in [2.45, 2.75) is 56.6 Å². The van der Waals surface area contributed by atoms with Crippen molar-refractivity contribution < 1.29 is 4.79 Å². The molecule has 0 amide bonds. The summed E-state index contributed by atoms with van der Waals surface area (Å²) in [4.78, 5) is 9.88. The number of fused-ring (bicyclic) bond motifs is 2. The first-order valence-corrected chi connectivity index (χ1v) is 8.04. The van der Waals surface area contributed by atoms with E-state index in [0.29, 0.717) is 5.92 Å². The molecule has 3 aliphatic rings. The highest BCUT2D eigenvalue weighted by Gasteiger charge is 2.40. The number of thioether (sulfide) groups is 1. The summed E-state index contributed by atoms with van der Waals surface area (Å²) < 4.78 is 0. The smallest absolute Gasteiger partial charge is 0.283 e. The first kappa shape index (κ1) is 11.1. The third kappa shape index (κ3) is 2.18. The number of hydrogen-bond acceptors (Lipinski definition) is 1. The number of ketones is 1. The summed E-state index contributed by atoms with van der Waals surface area (Å²) in [5.74, 6) is 4.62. The molecule has 1 N–H and O–H groups in total. The lowest BCUT2D eigenvalue weighted by Gasteiger charge is -2.23. The van der Waals surface area contributed by atoms with Crippen LogP contribution in [-0.4, -0.2) is 21.6 Å². The third-order valence-corrected chi connectivity index (χ3v) is 6.49. The molecule has 0 aromatic rings. The van der Waals surface area contributed by atoms with Crippen LogP contribution in [0, 0.1) is 17.8 Å². The van der Waals surface area contributed by atoms with Crippen molar-refractivity contribution in [1.82, 2.24) is 0 Å². The molecule has 0 aromatic carbocycles. The zero-order valence-electron chi connectivity index (χ0n) is 10.0. The van der Waals surface area contributed by atoms with Crippen molar-refractivity contribution in [3.63, 3.8) is 0 Å². The van der Waals surface area contributed by atoms with Crippen LogP contribution in [0.5, 0.6) is 0 Å². The highest BCUT2D eigenvalue weighted by Crippen LogP contribution is 2.49. The van der Waals surface area contributed by atoms with Gasteiger partial charge in [0, 0.05) is 11.0 Å². The van der Waals surface area contributed by atoms with E-state index < -0.39 is 0 Å². The molecule has 3 saturated carbocycles. The molecule has 4 atom stereocenters. The van der Waals surface area contributed by atoms with Crippen molar-refractivity contribution >= 4 is 17.5 Å². The SMILES string of the molecule is [OH+]=C1CCCCC1CSC1CC2CCC1C2. The molecule has 0 aliphatic heterocycles. The zero-order chi connectivity index (χ0) is 11.0. The molecule has 1 nitrogen and oxygen atoms in total. The Labute approximate surface area is 103 Å². The summed E-state index contributed by atoms with van der Waals surface area (Å²) in [5.41, 5.74) is 0. The average Bonchev–Trinajstić information content (AvgIpc) is 2.90. The number of carbonyl (C=O) groups excluding carboxylic acids is 1. The van der Waals surface area contributed by atoms with Crippen LogP contribution in [0.2, 0.25) is 0 Å². The molecule has 3 rings (SSSR count). The lowest BCUT2D eigenvalue weighted by Crippen LogP contribution is -2.23. The van der Waals surface area contributed by atoms with Gasteiger partial charge in [0.25, 0.3) is 5.78 Å². The molecule has 3 fully saturated rings. The van der Waals surface area contributed by atoms with Crippen LogP contribution in [0.1, 0.15) is 51.4 Å². The van der Waals surface area contributed by atoms with E-state index in [2.05, 4.69) is 11.8 Å². The fraction of sp³-hybridized carbons (Fsp3) is 0.929. The largest absolute Gasteiger partial charge is 0.296 e. The van der Waals surface area contributed by atoms with Crippen molar-refractivity contribution in [3.8, 4) is 0 Å². The van der Waals surface area contributed by atoms with Gasteiger partial charge in [-0.3, -0.25) is 4.79 Å². The lowest BCUT2D eigenvalue weighted by molar-refractivity contribution is 0.485. The third-order valence-electron chi connectivity index (χ3n) is 4.89. The summed E-state index contributed by atoms with van der Waals surface area (Å²) >= 11 is 2.18. The molecule has 90 valence electrons. The van der Waals surface area contributed by atoms with Gasteiger partial charge in [0.1, 0.15) is 0 Å². The molecule has 0 saturated heterocycles. The van der Waals surface area contributed by atoms with Gasteiger partial charge in [-0.05, 0) is 43.9 Å². The quantitative estimate of drug-likeness (QED) is 0.689.